The molecular weight excluding hydrogens is 262 g/mol. The fourth-order valence-corrected chi connectivity index (χ4v) is 1.34. The number of ether oxygens (including phenoxy) is 1. The zero-order valence-electron chi connectivity index (χ0n) is 9.17. The van der Waals surface area contributed by atoms with Crippen molar-refractivity contribution in [2.75, 3.05) is 0 Å². The van der Waals surface area contributed by atoms with Crippen LogP contribution in [0.25, 0.3) is 0 Å². The lowest BCUT2D eigenvalue weighted by Gasteiger charge is -2.00. The molecule has 0 atom stereocenters. The van der Waals surface area contributed by atoms with Crippen LogP contribution in [0, 0.1) is 0 Å². The van der Waals surface area contributed by atoms with Crippen LogP contribution in [0.2, 0.25) is 0 Å². The molecule has 10 nitrogen and oxygen atoms in total. The number of nitrogens with one attached hydrogen (secondary N) is 2. The molecule has 0 spiro atoms. The number of carbonyl (C=O) groups excluding carboxylic acids is 1. The van der Waals surface area contributed by atoms with Gasteiger partial charge in [0.15, 0.2) is 5.76 Å². The SMILES string of the molecule is O=C1O/C(=C\Cn2c(=O)[nH]c(=O)[nH]c2=O)C(O)=C1O. The molecule has 19 heavy (non-hydrogen) atoms. The molecule has 2 heterocycles. The van der Waals surface area contributed by atoms with E-state index in [0.717, 1.165) is 6.08 Å². The number of nitrogens with zero attached hydrogens (tertiary/aromatic N) is 1. The van der Waals surface area contributed by atoms with E-state index in [2.05, 4.69) is 4.74 Å². The van der Waals surface area contributed by atoms with Gasteiger partial charge in [-0.25, -0.2) is 23.7 Å². The summed E-state index contributed by atoms with van der Waals surface area (Å²) in [6.45, 7) is -0.384. The molecule has 1 aromatic heterocycles. The van der Waals surface area contributed by atoms with Crippen molar-refractivity contribution in [1.82, 2.24) is 14.5 Å². The third-order valence-corrected chi connectivity index (χ3v) is 2.24. The normalized spacial score (nSPS) is 17.1. The Balaban J connectivity index is 2.36. The summed E-state index contributed by atoms with van der Waals surface area (Å²) in [7, 11) is 0. The molecule has 0 saturated carbocycles. The van der Waals surface area contributed by atoms with Crippen molar-refractivity contribution in [3.8, 4) is 0 Å². The van der Waals surface area contributed by atoms with Gasteiger partial charge < -0.3 is 14.9 Å². The van der Waals surface area contributed by atoms with Crippen molar-refractivity contribution >= 4 is 5.97 Å². The lowest BCUT2D eigenvalue weighted by atomic mass is 10.3. The standard InChI is InChI=1S/C9H7N3O7/c13-4-3(19-6(15)5(4)14)1-2-12-8(17)10-7(16)11-9(12)18/h1,13-14H,2H2,(H2,10,11,16,17,18)/b3-1-. The number of carbonyl (C=O) groups is 1. The van der Waals surface area contributed by atoms with Crippen molar-refractivity contribution in [1.29, 1.82) is 0 Å². The number of rotatable bonds is 2. The van der Waals surface area contributed by atoms with Gasteiger partial charge in [-0.15, -0.1) is 0 Å². The van der Waals surface area contributed by atoms with E-state index in [4.69, 9.17) is 5.11 Å². The highest BCUT2D eigenvalue weighted by Crippen LogP contribution is 2.21. The molecule has 0 bridgehead atoms. The van der Waals surface area contributed by atoms with Gasteiger partial charge >= 0.3 is 23.0 Å². The Labute approximate surface area is 102 Å². The number of esters is 1. The van der Waals surface area contributed by atoms with Crippen molar-refractivity contribution < 1.29 is 19.7 Å². The molecule has 0 aromatic carbocycles. The van der Waals surface area contributed by atoms with Crippen molar-refractivity contribution in [3.05, 3.63) is 54.8 Å². The highest BCUT2D eigenvalue weighted by atomic mass is 16.6. The van der Waals surface area contributed by atoms with Crippen LogP contribution in [0.15, 0.2) is 37.7 Å². The summed E-state index contributed by atoms with van der Waals surface area (Å²) >= 11 is 0. The first-order valence-corrected chi connectivity index (χ1v) is 4.88. The lowest BCUT2D eigenvalue weighted by molar-refractivity contribution is -0.135. The highest BCUT2D eigenvalue weighted by molar-refractivity contribution is 5.91. The summed E-state index contributed by atoms with van der Waals surface area (Å²) < 4.78 is 5.05. The van der Waals surface area contributed by atoms with Crippen LogP contribution < -0.4 is 17.1 Å². The molecule has 1 aromatic rings. The monoisotopic (exact) mass is 269 g/mol. The number of aromatic nitrogens is 3. The van der Waals surface area contributed by atoms with Crippen LogP contribution in [-0.4, -0.2) is 30.7 Å². The van der Waals surface area contributed by atoms with Crippen LogP contribution in [0.4, 0.5) is 0 Å². The fourth-order valence-electron chi connectivity index (χ4n) is 1.34. The fraction of sp³-hybridized carbons (Fsp3) is 0.111. The number of aliphatic hydroxyl groups is 2. The van der Waals surface area contributed by atoms with E-state index < -0.39 is 34.6 Å². The van der Waals surface area contributed by atoms with Gasteiger partial charge in [0.2, 0.25) is 11.5 Å². The topological polar surface area (TPSA) is 154 Å². The average Bonchev–Trinajstić information content (AvgIpc) is 2.55. The number of hydrogen-bond acceptors (Lipinski definition) is 7. The predicted molar refractivity (Wildman–Crippen MR) is 58.4 cm³/mol. The van der Waals surface area contributed by atoms with E-state index >= 15 is 0 Å². The molecule has 4 N–H and O–H groups in total. The van der Waals surface area contributed by atoms with E-state index in [1.807, 2.05) is 9.97 Å². The molecule has 2 rings (SSSR count). The molecule has 0 radical (unpaired) electrons. The number of aliphatic hydroxyl groups excluding tert-OH is 2. The predicted octanol–water partition coefficient (Wildman–Crippen LogP) is -2.01. The van der Waals surface area contributed by atoms with Crippen LogP contribution in [0.3, 0.4) is 0 Å². The lowest BCUT2D eigenvalue weighted by Crippen LogP contribution is -2.42. The first-order valence-electron chi connectivity index (χ1n) is 4.88. The summed E-state index contributed by atoms with van der Waals surface area (Å²) in [5.74, 6) is -3.29. The minimum atomic E-state index is -1.15. The number of allylic oxidation sites excluding steroid dienone is 1. The first-order chi connectivity index (χ1) is 8.90. The minimum absolute atomic E-state index is 0.384. The molecule has 0 fully saturated rings. The zero-order valence-corrected chi connectivity index (χ0v) is 9.17. The van der Waals surface area contributed by atoms with Gasteiger partial charge in [0.1, 0.15) is 0 Å². The number of cyclic esters (lactones) is 1. The van der Waals surface area contributed by atoms with Gasteiger partial charge in [-0.2, -0.15) is 0 Å². The second-order valence-corrected chi connectivity index (χ2v) is 3.46. The Kier molecular flexibility index (Phi) is 2.83. The molecule has 1 aliphatic heterocycles. The molecule has 0 aliphatic carbocycles. The largest absolute Gasteiger partial charge is 0.502 e. The van der Waals surface area contributed by atoms with Crippen LogP contribution in [0.5, 0.6) is 0 Å². The molecule has 10 heteroatoms. The van der Waals surface area contributed by atoms with E-state index in [0.29, 0.717) is 4.57 Å². The maximum atomic E-state index is 11.3. The van der Waals surface area contributed by atoms with Gasteiger partial charge in [-0.05, 0) is 6.08 Å². The number of aromatic amines is 2. The summed E-state index contributed by atoms with van der Waals surface area (Å²) in [5, 5.41) is 18.3. The Hall–Kier alpha value is -3.04. The van der Waals surface area contributed by atoms with Crippen molar-refractivity contribution in [2.45, 2.75) is 6.54 Å². The molecule has 0 unspecified atom stereocenters. The number of H-pyrrole nitrogens is 2. The molecular formula is C9H7N3O7. The minimum Gasteiger partial charge on any atom is -0.502 e. The van der Waals surface area contributed by atoms with E-state index in [9.17, 15) is 24.3 Å². The summed E-state index contributed by atoms with van der Waals surface area (Å²) in [6.07, 6.45) is 1.02. The van der Waals surface area contributed by atoms with Gasteiger partial charge in [0.05, 0.1) is 6.54 Å². The third-order valence-electron chi connectivity index (χ3n) is 2.24. The van der Waals surface area contributed by atoms with Crippen LogP contribution >= 0.6 is 0 Å². The molecule has 0 saturated heterocycles. The van der Waals surface area contributed by atoms with Gasteiger partial charge in [-0.3, -0.25) is 9.97 Å². The van der Waals surface area contributed by atoms with Crippen LogP contribution in [-0.2, 0) is 16.1 Å². The summed E-state index contributed by atoms with van der Waals surface area (Å²) in [5.41, 5.74) is -2.89. The Morgan fingerprint density at radius 2 is 1.63 bits per heavy atom. The maximum absolute atomic E-state index is 11.3. The quantitative estimate of drug-likeness (QED) is 0.452. The Morgan fingerprint density at radius 3 is 2.11 bits per heavy atom. The molecule has 0 amide bonds. The maximum Gasteiger partial charge on any atom is 0.383 e. The second kappa shape index (κ2) is 4.33. The average molecular weight is 269 g/mol. The van der Waals surface area contributed by atoms with Gasteiger partial charge in [0.25, 0.3) is 0 Å². The highest BCUT2D eigenvalue weighted by Gasteiger charge is 2.29. The smallest absolute Gasteiger partial charge is 0.383 e. The molecule has 1 aliphatic rings. The molecule has 100 valence electrons. The third kappa shape index (κ3) is 2.18. The second-order valence-electron chi connectivity index (χ2n) is 3.46. The van der Waals surface area contributed by atoms with E-state index in [-0.39, 0.29) is 12.3 Å². The Bertz CT molecular complexity index is 742. The van der Waals surface area contributed by atoms with Gasteiger partial charge in [0, 0.05) is 0 Å². The van der Waals surface area contributed by atoms with E-state index in [1.54, 1.807) is 0 Å². The van der Waals surface area contributed by atoms with Gasteiger partial charge in [-0.1, -0.05) is 0 Å². The van der Waals surface area contributed by atoms with Crippen LogP contribution in [0.1, 0.15) is 0 Å². The summed E-state index contributed by atoms with van der Waals surface area (Å²) in [6, 6.07) is 0. The van der Waals surface area contributed by atoms with Crippen molar-refractivity contribution in [2.24, 2.45) is 0 Å². The number of hydrogen-bond donors (Lipinski definition) is 4. The van der Waals surface area contributed by atoms with E-state index in [1.165, 1.54) is 0 Å². The Morgan fingerprint density at radius 1 is 1.05 bits per heavy atom. The van der Waals surface area contributed by atoms with Crippen molar-refractivity contribution in [3.63, 3.8) is 0 Å². The zero-order chi connectivity index (χ0) is 14.2. The first kappa shape index (κ1) is 12.4. The summed E-state index contributed by atoms with van der Waals surface area (Å²) in [4.78, 5) is 47.9.